The Labute approximate surface area is 175 Å². The molecular weight excluding hydrogens is 376 g/mol. The second-order valence-electron chi connectivity index (χ2n) is 7.24. The minimum Gasteiger partial charge on any atom is -0.494 e. The molecule has 1 N–H and O–H groups in total. The van der Waals surface area contributed by atoms with E-state index in [0.717, 1.165) is 28.2 Å². The van der Waals surface area contributed by atoms with Crippen molar-refractivity contribution in [1.82, 2.24) is 14.8 Å². The van der Waals surface area contributed by atoms with Gasteiger partial charge in [-0.15, -0.1) is 0 Å². The van der Waals surface area contributed by atoms with Gasteiger partial charge in [0.15, 0.2) is 5.65 Å². The first kappa shape index (κ1) is 19.6. The van der Waals surface area contributed by atoms with Crippen LogP contribution in [0, 0.1) is 13.8 Å². The molecule has 4 rings (SSSR count). The summed E-state index contributed by atoms with van der Waals surface area (Å²) in [6, 6.07) is 19.7. The van der Waals surface area contributed by atoms with Crippen molar-refractivity contribution in [2.45, 2.75) is 26.7 Å². The van der Waals surface area contributed by atoms with Crippen molar-refractivity contribution >= 4 is 22.6 Å². The number of carbonyl (C=O) groups excluding carboxylic acids is 1. The molecular formula is C24H24N4O2. The fraction of sp³-hybridized carbons (Fsp3) is 0.208. The third-order valence-corrected chi connectivity index (χ3v) is 4.83. The van der Waals surface area contributed by atoms with E-state index in [-0.39, 0.29) is 5.91 Å². The number of nitrogens with one attached hydrogen (secondary N) is 1. The number of para-hydroxylation sites is 1. The van der Waals surface area contributed by atoms with Crippen molar-refractivity contribution in [3.05, 3.63) is 78.1 Å². The summed E-state index contributed by atoms with van der Waals surface area (Å²) in [5, 5.41) is 8.44. The van der Waals surface area contributed by atoms with E-state index in [1.165, 1.54) is 5.56 Å². The molecule has 0 aliphatic rings. The monoisotopic (exact) mass is 400 g/mol. The molecule has 0 aliphatic carbocycles. The van der Waals surface area contributed by atoms with Crippen LogP contribution < -0.4 is 10.1 Å². The van der Waals surface area contributed by atoms with Crippen LogP contribution in [0.5, 0.6) is 5.75 Å². The lowest BCUT2D eigenvalue weighted by Gasteiger charge is -2.08. The van der Waals surface area contributed by atoms with Crippen LogP contribution in [0.3, 0.4) is 0 Å². The lowest BCUT2D eigenvalue weighted by molar-refractivity contribution is -0.116. The maximum Gasteiger partial charge on any atom is 0.224 e. The van der Waals surface area contributed by atoms with Gasteiger partial charge >= 0.3 is 0 Å². The number of amides is 1. The van der Waals surface area contributed by atoms with Gasteiger partial charge in [-0.3, -0.25) is 4.79 Å². The molecule has 4 aromatic rings. The number of anilines is 1. The Kier molecular flexibility index (Phi) is 5.75. The van der Waals surface area contributed by atoms with E-state index in [4.69, 9.17) is 4.74 Å². The number of carbonyl (C=O) groups is 1. The van der Waals surface area contributed by atoms with Crippen LogP contribution in [-0.2, 0) is 4.79 Å². The number of pyridine rings is 1. The molecule has 0 radical (unpaired) electrons. The van der Waals surface area contributed by atoms with Crippen LogP contribution in [0.1, 0.15) is 24.1 Å². The zero-order valence-electron chi connectivity index (χ0n) is 17.1. The van der Waals surface area contributed by atoms with Gasteiger partial charge in [-0.2, -0.15) is 5.10 Å². The van der Waals surface area contributed by atoms with Crippen molar-refractivity contribution in [3.63, 3.8) is 0 Å². The summed E-state index contributed by atoms with van der Waals surface area (Å²) in [7, 11) is 0. The van der Waals surface area contributed by atoms with Crippen LogP contribution in [0.2, 0.25) is 0 Å². The average Bonchev–Trinajstić information content (AvgIpc) is 3.09. The minimum absolute atomic E-state index is 0.0586. The van der Waals surface area contributed by atoms with Crippen LogP contribution in [0.25, 0.3) is 16.7 Å². The van der Waals surface area contributed by atoms with E-state index in [1.807, 2.05) is 79.2 Å². The Hall–Kier alpha value is -3.67. The van der Waals surface area contributed by atoms with Crippen molar-refractivity contribution in [1.29, 1.82) is 0 Å². The number of hydrogen-bond donors (Lipinski definition) is 1. The average molecular weight is 400 g/mol. The Morgan fingerprint density at radius 1 is 1.07 bits per heavy atom. The molecule has 0 aliphatic heterocycles. The molecule has 2 heterocycles. The number of benzene rings is 2. The van der Waals surface area contributed by atoms with Crippen LogP contribution in [0.15, 0.2) is 66.9 Å². The second kappa shape index (κ2) is 8.78. The lowest BCUT2D eigenvalue weighted by atomic mass is 10.2. The topological polar surface area (TPSA) is 69.0 Å². The summed E-state index contributed by atoms with van der Waals surface area (Å²) in [5.74, 6) is 0.762. The zero-order valence-corrected chi connectivity index (χ0v) is 17.1. The predicted molar refractivity (Wildman–Crippen MR) is 118 cm³/mol. The Bertz CT molecular complexity index is 1150. The van der Waals surface area contributed by atoms with Gasteiger partial charge in [-0.05, 0) is 50.6 Å². The van der Waals surface area contributed by atoms with E-state index in [1.54, 1.807) is 6.20 Å². The van der Waals surface area contributed by atoms with E-state index < -0.39 is 0 Å². The molecule has 2 aromatic heterocycles. The Balaban J connectivity index is 1.36. The largest absolute Gasteiger partial charge is 0.494 e. The number of aromatic nitrogens is 3. The Morgan fingerprint density at radius 3 is 2.60 bits per heavy atom. The fourth-order valence-electron chi connectivity index (χ4n) is 3.24. The molecule has 0 fully saturated rings. The summed E-state index contributed by atoms with van der Waals surface area (Å²) in [5.41, 5.74) is 4.44. The first-order chi connectivity index (χ1) is 14.6. The van der Waals surface area contributed by atoms with Gasteiger partial charge in [0.1, 0.15) is 5.75 Å². The van der Waals surface area contributed by atoms with Crippen LogP contribution >= 0.6 is 0 Å². The third kappa shape index (κ3) is 4.49. The highest BCUT2D eigenvalue weighted by Crippen LogP contribution is 2.23. The van der Waals surface area contributed by atoms with Gasteiger partial charge in [0.25, 0.3) is 0 Å². The van der Waals surface area contributed by atoms with Crippen molar-refractivity contribution in [2.75, 3.05) is 11.9 Å². The SMILES string of the molecule is Cc1ccc(OCCCC(=O)Nc2cnc3c(c2)c(C)nn3-c2ccccc2)cc1. The summed E-state index contributed by atoms with van der Waals surface area (Å²) < 4.78 is 7.49. The fourth-order valence-corrected chi connectivity index (χ4v) is 3.24. The van der Waals surface area contributed by atoms with Crippen LogP contribution in [-0.4, -0.2) is 27.3 Å². The van der Waals surface area contributed by atoms with Gasteiger partial charge in [0, 0.05) is 11.8 Å². The van der Waals surface area contributed by atoms with Gasteiger partial charge in [-0.25, -0.2) is 9.67 Å². The van der Waals surface area contributed by atoms with Crippen LogP contribution in [0.4, 0.5) is 5.69 Å². The number of ether oxygens (including phenoxy) is 1. The number of rotatable bonds is 7. The number of aryl methyl sites for hydroxylation is 2. The normalized spacial score (nSPS) is 10.9. The summed E-state index contributed by atoms with van der Waals surface area (Å²) in [6.45, 7) is 4.47. The molecule has 0 atom stereocenters. The number of fused-ring (bicyclic) bond motifs is 1. The maximum absolute atomic E-state index is 12.3. The number of nitrogens with zero attached hydrogens (tertiary/aromatic N) is 3. The minimum atomic E-state index is -0.0586. The molecule has 0 spiro atoms. The predicted octanol–water partition coefficient (Wildman–Crippen LogP) is 4.84. The first-order valence-electron chi connectivity index (χ1n) is 10.0. The number of hydrogen-bond acceptors (Lipinski definition) is 4. The highest BCUT2D eigenvalue weighted by Gasteiger charge is 2.12. The molecule has 1 amide bonds. The molecule has 6 heteroatoms. The summed E-state index contributed by atoms with van der Waals surface area (Å²) >= 11 is 0. The molecule has 6 nitrogen and oxygen atoms in total. The van der Waals surface area contributed by atoms with Gasteiger partial charge in [0.2, 0.25) is 5.91 Å². The Morgan fingerprint density at radius 2 is 1.83 bits per heavy atom. The van der Waals surface area contributed by atoms with E-state index in [9.17, 15) is 4.79 Å². The highest BCUT2D eigenvalue weighted by molar-refractivity contribution is 5.93. The van der Waals surface area contributed by atoms with Gasteiger partial charge in [0.05, 0.1) is 29.9 Å². The first-order valence-corrected chi connectivity index (χ1v) is 10.0. The molecule has 0 unspecified atom stereocenters. The molecule has 152 valence electrons. The van der Waals surface area contributed by atoms with Gasteiger partial charge < -0.3 is 10.1 Å². The van der Waals surface area contributed by atoms with Crippen molar-refractivity contribution in [2.24, 2.45) is 0 Å². The smallest absolute Gasteiger partial charge is 0.224 e. The molecule has 30 heavy (non-hydrogen) atoms. The third-order valence-electron chi connectivity index (χ3n) is 4.83. The van der Waals surface area contributed by atoms with Crippen molar-refractivity contribution < 1.29 is 9.53 Å². The molecule has 2 aromatic carbocycles. The highest BCUT2D eigenvalue weighted by atomic mass is 16.5. The quantitative estimate of drug-likeness (QED) is 0.451. The summed E-state index contributed by atoms with van der Waals surface area (Å²) in [4.78, 5) is 16.8. The molecule has 0 saturated carbocycles. The van der Waals surface area contributed by atoms with E-state index >= 15 is 0 Å². The van der Waals surface area contributed by atoms with E-state index in [0.29, 0.717) is 25.1 Å². The molecule has 0 bridgehead atoms. The second-order valence-corrected chi connectivity index (χ2v) is 7.24. The van der Waals surface area contributed by atoms with E-state index in [2.05, 4.69) is 15.4 Å². The zero-order chi connectivity index (χ0) is 20.9. The maximum atomic E-state index is 12.3. The van der Waals surface area contributed by atoms with Gasteiger partial charge in [-0.1, -0.05) is 35.9 Å². The lowest BCUT2D eigenvalue weighted by Crippen LogP contribution is -2.13. The molecule has 0 saturated heterocycles. The standard InChI is InChI=1S/C24H24N4O2/c1-17-10-12-21(13-11-17)30-14-6-9-23(29)26-19-15-22-18(2)27-28(24(22)25-16-19)20-7-4-3-5-8-20/h3-5,7-8,10-13,15-16H,6,9,14H2,1-2H3,(H,26,29). The summed E-state index contributed by atoms with van der Waals surface area (Å²) in [6.07, 6.45) is 2.69. The van der Waals surface area contributed by atoms with Crippen molar-refractivity contribution in [3.8, 4) is 11.4 Å².